The molecule has 0 spiro atoms. The standard InChI is InChI=1S/C24H31ClN4O5/c1-24(2,3)34-23(31)29-8-6-16(7-9-29)22-19(33-5)10-15(13-27-22)11-21(30)28-20-12-18(32-4)17(25)14-26-20/h10,12-14,16H,6-9,11H2,1-5H3,(H,26,28,30). The molecule has 1 fully saturated rings. The lowest BCUT2D eigenvalue weighted by Gasteiger charge is -2.33. The predicted molar refractivity (Wildman–Crippen MR) is 129 cm³/mol. The third-order valence-electron chi connectivity index (χ3n) is 5.36. The summed E-state index contributed by atoms with van der Waals surface area (Å²) in [6.45, 7) is 6.75. The Hall–Kier alpha value is -3.07. The van der Waals surface area contributed by atoms with Crippen molar-refractivity contribution in [3.8, 4) is 11.5 Å². The Morgan fingerprint density at radius 3 is 2.38 bits per heavy atom. The second-order valence-corrected chi connectivity index (χ2v) is 9.51. The number of nitrogens with zero attached hydrogens (tertiary/aromatic N) is 3. The molecule has 34 heavy (non-hydrogen) atoms. The number of ether oxygens (including phenoxy) is 3. The van der Waals surface area contributed by atoms with Crippen molar-refractivity contribution in [1.29, 1.82) is 0 Å². The number of methoxy groups -OCH3 is 2. The van der Waals surface area contributed by atoms with Crippen LogP contribution in [-0.4, -0.2) is 59.8 Å². The summed E-state index contributed by atoms with van der Waals surface area (Å²) >= 11 is 5.98. The number of likely N-dealkylation sites (tertiary alicyclic amines) is 1. The maximum absolute atomic E-state index is 12.5. The highest BCUT2D eigenvalue weighted by Gasteiger charge is 2.29. The molecule has 1 aliphatic rings. The van der Waals surface area contributed by atoms with E-state index in [9.17, 15) is 9.59 Å². The fourth-order valence-electron chi connectivity index (χ4n) is 3.74. The van der Waals surface area contributed by atoms with E-state index >= 15 is 0 Å². The van der Waals surface area contributed by atoms with Gasteiger partial charge in [-0.3, -0.25) is 9.78 Å². The van der Waals surface area contributed by atoms with Crippen LogP contribution >= 0.6 is 11.6 Å². The van der Waals surface area contributed by atoms with Crippen molar-refractivity contribution in [2.75, 3.05) is 32.6 Å². The van der Waals surface area contributed by atoms with Gasteiger partial charge in [-0.2, -0.15) is 0 Å². The Labute approximate surface area is 204 Å². The minimum Gasteiger partial charge on any atom is -0.495 e. The number of halogens is 1. The van der Waals surface area contributed by atoms with Crippen LogP contribution in [0.5, 0.6) is 11.5 Å². The largest absolute Gasteiger partial charge is 0.495 e. The van der Waals surface area contributed by atoms with Crippen molar-refractivity contribution in [3.63, 3.8) is 0 Å². The van der Waals surface area contributed by atoms with Crippen molar-refractivity contribution in [3.05, 3.63) is 40.8 Å². The summed E-state index contributed by atoms with van der Waals surface area (Å²) in [5.41, 5.74) is 1.03. The van der Waals surface area contributed by atoms with Crippen molar-refractivity contribution in [2.45, 2.75) is 51.6 Å². The molecule has 184 valence electrons. The van der Waals surface area contributed by atoms with Crippen LogP contribution in [0, 0.1) is 0 Å². The van der Waals surface area contributed by atoms with Gasteiger partial charge in [-0.15, -0.1) is 0 Å². The Bertz CT molecular complexity index is 1030. The zero-order valence-corrected chi connectivity index (χ0v) is 20.9. The lowest BCUT2D eigenvalue weighted by molar-refractivity contribution is -0.115. The zero-order valence-electron chi connectivity index (χ0n) is 20.2. The van der Waals surface area contributed by atoms with Gasteiger partial charge in [0.05, 0.1) is 32.5 Å². The number of hydrogen-bond donors (Lipinski definition) is 1. The van der Waals surface area contributed by atoms with E-state index in [1.807, 2.05) is 26.8 Å². The molecule has 2 aromatic rings. The number of piperidine rings is 1. The highest BCUT2D eigenvalue weighted by Crippen LogP contribution is 2.33. The Balaban J connectivity index is 1.61. The van der Waals surface area contributed by atoms with Crippen molar-refractivity contribution >= 4 is 29.4 Å². The first kappa shape index (κ1) is 25.6. The average molecular weight is 491 g/mol. The minimum absolute atomic E-state index is 0.105. The molecule has 0 radical (unpaired) electrons. The number of carbonyl (C=O) groups excluding carboxylic acids is 2. The van der Waals surface area contributed by atoms with E-state index in [1.165, 1.54) is 13.3 Å². The molecule has 9 nitrogen and oxygen atoms in total. The van der Waals surface area contributed by atoms with E-state index in [0.717, 1.165) is 18.5 Å². The third-order valence-corrected chi connectivity index (χ3v) is 5.65. The lowest BCUT2D eigenvalue weighted by atomic mass is 9.92. The van der Waals surface area contributed by atoms with Crippen LogP contribution in [0.25, 0.3) is 0 Å². The quantitative estimate of drug-likeness (QED) is 0.638. The molecule has 3 heterocycles. The first-order valence-corrected chi connectivity index (χ1v) is 11.5. The Morgan fingerprint density at radius 2 is 1.76 bits per heavy atom. The number of rotatable bonds is 6. The van der Waals surface area contributed by atoms with Crippen molar-refractivity contribution in [2.24, 2.45) is 0 Å². The second kappa shape index (κ2) is 10.9. The maximum Gasteiger partial charge on any atom is 0.410 e. The van der Waals surface area contributed by atoms with E-state index in [0.29, 0.717) is 41.0 Å². The highest BCUT2D eigenvalue weighted by atomic mass is 35.5. The van der Waals surface area contributed by atoms with Gasteiger partial charge in [0.15, 0.2) is 0 Å². The summed E-state index contributed by atoms with van der Waals surface area (Å²) in [6, 6.07) is 3.39. The van der Waals surface area contributed by atoms with Crippen LogP contribution < -0.4 is 14.8 Å². The van der Waals surface area contributed by atoms with E-state index < -0.39 is 5.60 Å². The molecule has 3 rings (SSSR count). The van der Waals surface area contributed by atoms with Gasteiger partial charge in [0, 0.05) is 31.3 Å². The SMILES string of the molecule is COc1cc(NC(=O)Cc2cnc(C3CCN(C(=O)OC(C)(C)C)CC3)c(OC)c2)ncc1Cl. The first-order chi connectivity index (χ1) is 16.1. The highest BCUT2D eigenvalue weighted by molar-refractivity contribution is 6.32. The molecule has 1 aliphatic heterocycles. The first-order valence-electron chi connectivity index (χ1n) is 11.1. The van der Waals surface area contributed by atoms with Crippen LogP contribution in [0.4, 0.5) is 10.6 Å². The van der Waals surface area contributed by atoms with E-state index in [1.54, 1.807) is 24.3 Å². The molecular formula is C24H31ClN4O5. The summed E-state index contributed by atoms with van der Waals surface area (Å²) in [5.74, 6) is 1.31. The zero-order chi connectivity index (χ0) is 24.9. The van der Waals surface area contributed by atoms with E-state index in [-0.39, 0.29) is 24.3 Å². The van der Waals surface area contributed by atoms with E-state index in [4.69, 9.17) is 25.8 Å². The van der Waals surface area contributed by atoms with Gasteiger partial charge in [-0.1, -0.05) is 11.6 Å². The van der Waals surface area contributed by atoms with Gasteiger partial charge in [0.1, 0.15) is 27.9 Å². The normalized spacial score (nSPS) is 14.5. The molecule has 0 saturated carbocycles. The fourth-order valence-corrected chi connectivity index (χ4v) is 3.92. The summed E-state index contributed by atoms with van der Waals surface area (Å²) < 4.78 is 16.2. The number of hydrogen-bond acceptors (Lipinski definition) is 7. The molecule has 0 unspecified atom stereocenters. The lowest BCUT2D eigenvalue weighted by Crippen LogP contribution is -2.41. The van der Waals surface area contributed by atoms with Crippen molar-refractivity contribution in [1.82, 2.24) is 14.9 Å². The molecule has 2 aromatic heterocycles. The number of pyridine rings is 2. The topological polar surface area (TPSA) is 103 Å². The maximum atomic E-state index is 12.5. The molecule has 0 aromatic carbocycles. The number of nitrogens with one attached hydrogen (secondary N) is 1. The van der Waals surface area contributed by atoms with Crippen LogP contribution in [0.3, 0.4) is 0 Å². The third kappa shape index (κ3) is 6.72. The molecule has 1 saturated heterocycles. The minimum atomic E-state index is -0.517. The molecule has 0 aliphatic carbocycles. The molecule has 10 heteroatoms. The van der Waals surface area contributed by atoms with E-state index in [2.05, 4.69) is 15.3 Å². The second-order valence-electron chi connectivity index (χ2n) is 9.10. The molecule has 0 bridgehead atoms. The van der Waals surface area contributed by atoms with Crippen LogP contribution in [0.2, 0.25) is 5.02 Å². The van der Waals surface area contributed by atoms with Crippen LogP contribution in [0.15, 0.2) is 24.5 Å². The monoisotopic (exact) mass is 490 g/mol. The van der Waals surface area contributed by atoms with Gasteiger partial charge in [0.2, 0.25) is 5.91 Å². The molecule has 0 atom stereocenters. The number of amides is 2. The van der Waals surface area contributed by atoms with Crippen LogP contribution in [-0.2, 0) is 16.0 Å². The smallest absolute Gasteiger partial charge is 0.410 e. The molecular weight excluding hydrogens is 460 g/mol. The summed E-state index contributed by atoms with van der Waals surface area (Å²) in [5, 5.41) is 3.10. The Morgan fingerprint density at radius 1 is 1.09 bits per heavy atom. The number of anilines is 1. The Kier molecular flexibility index (Phi) is 8.19. The summed E-state index contributed by atoms with van der Waals surface area (Å²) in [6.07, 6.45) is 4.43. The van der Waals surface area contributed by atoms with Gasteiger partial charge >= 0.3 is 6.09 Å². The summed E-state index contributed by atoms with van der Waals surface area (Å²) in [4.78, 5) is 35.3. The summed E-state index contributed by atoms with van der Waals surface area (Å²) in [7, 11) is 3.08. The van der Waals surface area contributed by atoms with Gasteiger partial charge in [0.25, 0.3) is 0 Å². The van der Waals surface area contributed by atoms with Gasteiger partial charge < -0.3 is 24.4 Å². The average Bonchev–Trinajstić information content (AvgIpc) is 2.79. The van der Waals surface area contributed by atoms with Crippen LogP contribution in [0.1, 0.15) is 50.8 Å². The molecule has 1 N–H and O–H groups in total. The van der Waals surface area contributed by atoms with Crippen molar-refractivity contribution < 1.29 is 23.8 Å². The predicted octanol–water partition coefficient (Wildman–Crippen LogP) is 4.44. The number of carbonyl (C=O) groups is 2. The fraction of sp³-hybridized carbons (Fsp3) is 0.500. The molecule has 2 amide bonds. The van der Waals surface area contributed by atoms with Gasteiger partial charge in [-0.05, 0) is 45.2 Å². The van der Waals surface area contributed by atoms with Gasteiger partial charge in [-0.25, -0.2) is 9.78 Å². The number of aromatic nitrogens is 2.